The van der Waals surface area contributed by atoms with E-state index in [2.05, 4.69) is 10.3 Å². The van der Waals surface area contributed by atoms with Crippen molar-refractivity contribution in [2.24, 2.45) is 0 Å². The van der Waals surface area contributed by atoms with Crippen LogP contribution in [0.4, 0.5) is 0 Å². The number of carbonyl (C=O) groups is 1. The molecule has 98 valence electrons. The minimum absolute atomic E-state index is 0.383. The lowest BCUT2D eigenvalue weighted by Crippen LogP contribution is -2.16. The molecule has 0 bridgehead atoms. The highest BCUT2D eigenvalue weighted by Gasteiger charge is 2.28. The number of hydrogen-bond acceptors (Lipinski definition) is 3. The zero-order chi connectivity index (χ0) is 13.4. The molecular weight excluding hydrogens is 262 g/mol. The van der Waals surface area contributed by atoms with E-state index in [4.69, 9.17) is 11.6 Å². The molecule has 1 aromatic carbocycles. The van der Waals surface area contributed by atoms with Crippen molar-refractivity contribution >= 4 is 17.9 Å². The standard InChI is InChI=1S/C14H14ClN3O/c1-9-5-6-11(15)7-13(9)18-14(10-3-2-4-10)12(8-19)16-17-18/h5-8,10H,2-4H2,1H3. The molecule has 1 aliphatic rings. The Morgan fingerprint density at radius 2 is 2.21 bits per heavy atom. The second kappa shape index (κ2) is 4.78. The predicted octanol–water partition coefficient (Wildman–Crippen LogP) is 3.31. The fourth-order valence-corrected chi connectivity index (χ4v) is 2.60. The van der Waals surface area contributed by atoms with Crippen LogP contribution in [0, 0.1) is 6.92 Å². The maximum atomic E-state index is 11.1. The van der Waals surface area contributed by atoms with Crippen molar-refractivity contribution in [3.63, 3.8) is 0 Å². The molecule has 4 nitrogen and oxygen atoms in total. The summed E-state index contributed by atoms with van der Waals surface area (Å²) in [5, 5.41) is 8.78. The van der Waals surface area contributed by atoms with Crippen LogP contribution >= 0.6 is 11.6 Å². The van der Waals surface area contributed by atoms with Crippen molar-refractivity contribution in [2.75, 3.05) is 0 Å². The molecule has 0 N–H and O–H groups in total. The van der Waals surface area contributed by atoms with Gasteiger partial charge in [-0.05, 0) is 37.5 Å². The summed E-state index contributed by atoms with van der Waals surface area (Å²) in [5.74, 6) is 0.383. The molecule has 1 heterocycles. The van der Waals surface area contributed by atoms with Gasteiger partial charge in [0.15, 0.2) is 6.29 Å². The molecule has 0 unspecified atom stereocenters. The SMILES string of the molecule is Cc1ccc(Cl)cc1-n1nnc(C=O)c1C1CCC1. The van der Waals surface area contributed by atoms with Crippen LogP contribution < -0.4 is 0 Å². The Balaban J connectivity index is 2.16. The zero-order valence-electron chi connectivity index (χ0n) is 10.6. The molecule has 0 radical (unpaired) electrons. The first-order chi connectivity index (χ1) is 9.20. The number of hydrogen-bond donors (Lipinski definition) is 0. The lowest BCUT2D eigenvalue weighted by Gasteiger charge is -2.26. The molecule has 0 spiro atoms. The van der Waals surface area contributed by atoms with Gasteiger partial charge in [0, 0.05) is 10.9 Å². The number of halogens is 1. The summed E-state index contributed by atoms with van der Waals surface area (Å²) in [7, 11) is 0. The van der Waals surface area contributed by atoms with Crippen LogP contribution in [0.25, 0.3) is 5.69 Å². The van der Waals surface area contributed by atoms with E-state index in [-0.39, 0.29) is 0 Å². The van der Waals surface area contributed by atoms with Gasteiger partial charge in [-0.15, -0.1) is 5.10 Å². The van der Waals surface area contributed by atoms with E-state index in [0.29, 0.717) is 16.6 Å². The second-order valence-corrected chi connectivity index (χ2v) is 5.38. The average Bonchev–Trinajstić information content (AvgIpc) is 2.74. The summed E-state index contributed by atoms with van der Waals surface area (Å²) in [5.41, 5.74) is 3.33. The zero-order valence-corrected chi connectivity index (χ0v) is 11.4. The number of aryl methyl sites for hydroxylation is 1. The first kappa shape index (κ1) is 12.4. The van der Waals surface area contributed by atoms with E-state index in [1.807, 2.05) is 25.1 Å². The molecule has 19 heavy (non-hydrogen) atoms. The molecule has 1 aromatic heterocycles. The van der Waals surface area contributed by atoms with Gasteiger partial charge in [0.05, 0.1) is 11.4 Å². The van der Waals surface area contributed by atoms with Gasteiger partial charge >= 0.3 is 0 Å². The number of nitrogens with zero attached hydrogens (tertiary/aromatic N) is 3. The van der Waals surface area contributed by atoms with E-state index in [1.54, 1.807) is 4.68 Å². The van der Waals surface area contributed by atoms with Crippen molar-refractivity contribution < 1.29 is 4.79 Å². The highest BCUT2D eigenvalue weighted by molar-refractivity contribution is 6.30. The van der Waals surface area contributed by atoms with Crippen LogP contribution in [0.3, 0.4) is 0 Å². The van der Waals surface area contributed by atoms with Gasteiger partial charge < -0.3 is 0 Å². The van der Waals surface area contributed by atoms with Gasteiger partial charge in [0.1, 0.15) is 5.69 Å². The van der Waals surface area contributed by atoms with Crippen LogP contribution in [0.5, 0.6) is 0 Å². The third-order valence-corrected chi connectivity index (χ3v) is 3.97. The lowest BCUT2D eigenvalue weighted by atomic mass is 9.82. The Morgan fingerprint density at radius 3 is 2.84 bits per heavy atom. The Bertz CT molecular complexity index is 632. The van der Waals surface area contributed by atoms with Crippen molar-refractivity contribution in [3.8, 4) is 5.69 Å². The van der Waals surface area contributed by atoms with Gasteiger partial charge in [-0.3, -0.25) is 4.79 Å². The maximum absolute atomic E-state index is 11.1. The van der Waals surface area contributed by atoms with Crippen molar-refractivity contribution in [3.05, 3.63) is 40.2 Å². The number of aromatic nitrogens is 3. The minimum Gasteiger partial charge on any atom is -0.296 e. The van der Waals surface area contributed by atoms with E-state index in [9.17, 15) is 4.79 Å². The molecule has 2 aromatic rings. The Labute approximate surface area is 116 Å². The van der Waals surface area contributed by atoms with Crippen molar-refractivity contribution in [1.29, 1.82) is 0 Å². The van der Waals surface area contributed by atoms with Gasteiger partial charge in [-0.25, -0.2) is 4.68 Å². The predicted molar refractivity (Wildman–Crippen MR) is 73.1 cm³/mol. The third-order valence-electron chi connectivity index (χ3n) is 3.74. The highest BCUT2D eigenvalue weighted by atomic mass is 35.5. The third kappa shape index (κ3) is 2.06. The molecule has 0 aliphatic heterocycles. The monoisotopic (exact) mass is 275 g/mol. The van der Waals surface area contributed by atoms with Gasteiger partial charge in [0.25, 0.3) is 0 Å². The quantitative estimate of drug-likeness (QED) is 0.808. The van der Waals surface area contributed by atoms with Crippen LogP contribution in [0.2, 0.25) is 5.02 Å². The van der Waals surface area contributed by atoms with E-state index >= 15 is 0 Å². The first-order valence-corrected chi connectivity index (χ1v) is 6.76. The van der Waals surface area contributed by atoms with Crippen molar-refractivity contribution in [1.82, 2.24) is 15.0 Å². The highest BCUT2D eigenvalue weighted by Crippen LogP contribution is 2.38. The average molecular weight is 276 g/mol. The molecular formula is C14H14ClN3O. The molecule has 1 aliphatic carbocycles. The van der Waals surface area contributed by atoms with Gasteiger partial charge in [-0.2, -0.15) is 0 Å². The van der Waals surface area contributed by atoms with Crippen LogP contribution in [-0.2, 0) is 0 Å². The smallest absolute Gasteiger partial charge is 0.172 e. The second-order valence-electron chi connectivity index (χ2n) is 4.95. The summed E-state index contributed by atoms with van der Waals surface area (Å²) in [4.78, 5) is 11.1. The molecule has 3 rings (SSSR count). The molecule has 1 fully saturated rings. The Morgan fingerprint density at radius 1 is 1.42 bits per heavy atom. The van der Waals surface area contributed by atoms with E-state index in [0.717, 1.165) is 36.1 Å². The summed E-state index contributed by atoms with van der Waals surface area (Å²) in [6.45, 7) is 2.00. The van der Waals surface area contributed by atoms with E-state index in [1.165, 1.54) is 6.42 Å². The molecule has 0 atom stereocenters. The number of rotatable bonds is 3. The van der Waals surface area contributed by atoms with Gasteiger partial charge in [-0.1, -0.05) is 29.3 Å². The Hall–Kier alpha value is -1.68. The molecule has 0 saturated heterocycles. The number of carbonyl (C=O) groups excluding carboxylic acids is 1. The topological polar surface area (TPSA) is 47.8 Å². The molecule has 1 saturated carbocycles. The maximum Gasteiger partial charge on any atom is 0.172 e. The first-order valence-electron chi connectivity index (χ1n) is 6.38. The molecule has 0 amide bonds. The van der Waals surface area contributed by atoms with Crippen LogP contribution in [0.1, 0.15) is 46.9 Å². The number of benzene rings is 1. The van der Waals surface area contributed by atoms with Crippen molar-refractivity contribution in [2.45, 2.75) is 32.1 Å². The summed E-state index contributed by atoms with van der Waals surface area (Å²) in [6, 6.07) is 5.66. The van der Waals surface area contributed by atoms with E-state index < -0.39 is 0 Å². The number of aldehydes is 1. The van der Waals surface area contributed by atoms with Gasteiger partial charge in [0.2, 0.25) is 0 Å². The largest absolute Gasteiger partial charge is 0.296 e. The summed E-state index contributed by atoms with van der Waals surface area (Å²) < 4.78 is 1.77. The minimum atomic E-state index is 0.383. The summed E-state index contributed by atoms with van der Waals surface area (Å²) >= 11 is 6.06. The molecule has 5 heteroatoms. The fraction of sp³-hybridized carbons (Fsp3) is 0.357. The van der Waals surface area contributed by atoms with Crippen LogP contribution in [-0.4, -0.2) is 21.3 Å². The van der Waals surface area contributed by atoms with Crippen LogP contribution in [0.15, 0.2) is 18.2 Å². The Kier molecular flexibility index (Phi) is 3.11. The normalized spacial score (nSPS) is 15.3. The summed E-state index contributed by atoms with van der Waals surface area (Å²) in [6.07, 6.45) is 4.17. The fourth-order valence-electron chi connectivity index (χ4n) is 2.44. The lowest BCUT2D eigenvalue weighted by molar-refractivity contribution is 0.111.